The average Bonchev–Trinajstić information content (AvgIpc) is 3.11. The largest absolute Gasteiger partial charge is 0.342 e. The topological polar surface area (TPSA) is 101 Å². The molecule has 1 fully saturated rings. The molecule has 3 rings (SSSR count). The first-order valence-corrected chi connectivity index (χ1v) is 9.99. The Kier molecular flexibility index (Phi) is 4.64. The van der Waals surface area contributed by atoms with Crippen molar-refractivity contribution in [2.24, 2.45) is 0 Å². The molecule has 2 amide bonds. The van der Waals surface area contributed by atoms with E-state index in [-0.39, 0.29) is 54.4 Å². The molecule has 0 aliphatic carbocycles. The van der Waals surface area contributed by atoms with Gasteiger partial charge in [-0.05, 0) is 30.2 Å². The van der Waals surface area contributed by atoms with Crippen LogP contribution in [0.2, 0.25) is 0 Å². The summed E-state index contributed by atoms with van der Waals surface area (Å²) >= 11 is 0. The van der Waals surface area contributed by atoms with Crippen LogP contribution in [0, 0.1) is 0 Å². The predicted molar refractivity (Wildman–Crippen MR) is 92.2 cm³/mol. The molecule has 1 aromatic rings. The average molecular weight is 364 g/mol. The number of hydrogen-bond donors (Lipinski definition) is 1. The van der Waals surface area contributed by atoms with Crippen molar-refractivity contribution in [1.29, 1.82) is 0 Å². The van der Waals surface area contributed by atoms with E-state index in [1.807, 2.05) is 0 Å². The van der Waals surface area contributed by atoms with E-state index in [4.69, 9.17) is 0 Å². The van der Waals surface area contributed by atoms with E-state index in [9.17, 15) is 22.8 Å². The van der Waals surface area contributed by atoms with Gasteiger partial charge < -0.3 is 10.2 Å². The number of fused-ring (bicyclic) bond motifs is 1. The molecule has 134 valence electrons. The van der Waals surface area contributed by atoms with Gasteiger partial charge in [-0.15, -0.1) is 0 Å². The van der Waals surface area contributed by atoms with Crippen molar-refractivity contribution >= 4 is 33.1 Å². The maximum absolute atomic E-state index is 12.3. The number of nitrogens with one attached hydrogen (secondary N) is 1. The van der Waals surface area contributed by atoms with Crippen LogP contribution >= 0.6 is 0 Å². The van der Waals surface area contributed by atoms with Gasteiger partial charge in [-0.1, -0.05) is 0 Å². The second kappa shape index (κ2) is 6.59. The number of sulfone groups is 1. The highest BCUT2D eigenvalue weighted by Crippen LogP contribution is 2.24. The smallest absolute Gasteiger partial charge is 0.228 e. The highest BCUT2D eigenvalue weighted by molar-refractivity contribution is 7.91. The van der Waals surface area contributed by atoms with Crippen molar-refractivity contribution in [2.45, 2.75) is 31.7 Å². The Balaban J connectivity index is 1.56. The first kappa shape index (κ1) is 17.6. The van der Waals surface area contributed by atoms with Crippen LogP contribution < -0.4 is 5.32 Å². The molecule has 0 bridgehead atoms. The second-order valence-electron chi connectivity index (χ2n) is 6.58. The monoisotopic (exact) mass is 364 g/mol. The first-order valence-electron chi connectivity index (χ1n) is 8.17. The Morgan fingerprint density at radius 1 is 1.28 bits per heavy atom. The molecule has 8 heteroatoms. The number of carbonyl (C=O) groups is 3. The van der Waals surface area contributed by atoms with E-state index >= 15 is 0 Å². The van der Waals surface area contributed by atoms with Crippen LogP contribution in [0.15, 0.2) is 18.2 Å². The third-order valence-corrected chi connectivity index (χ3v) is 6.52. The number of carbonyl (C=O) groups excluding carboxylic acids is 3. The molecule has 0 spiro atoms. The van der Waals surface area contributed by atoms with Crippen LogP contribution in [-0.4, -0.2) is 55.5 Å². The number of nitrogens with zero attached hydrogens (tertiary/aromatic N) is 1. The molecule has 0 radical (unpaired) electrons. The number of Topliss-reactive ketones (excluding diaryl/α,β-unsaturated/α-hetero) is 1. The molecule has 1 N–H and O–H groups in total. The molecule has 25 heavy (non-hydrogen) atoms. The lowest BCUT2D eigenvalue weighted by molar-refractivity contribution is -0.131. The van der Waals surface area contributed by atoms with Gasteiger partial charge in [-0.25, -0.2) is 8.42 Å². The number of amides is 2. The Bertz CT molecular complexity index is 847. The van der Waals surface area contributed by atoms with Gasteiger partial charge in [0.1, 0.15) is 0 Å². The lowest BCUT2D eigenvalue weighted by Crippen LogP contribution is -2.37. The van der Waals surface area contributed by atoms with Crippen LogP contribution in [0.25, 0.3) is 0 Å². The molecule has 7 nitrogen and oxygen atoms in total. The standard InChI is InChI=1S/C17H20N2O5S/c1-19(13-6-7-25(23,24)10-13)17(22)5-4-15(20)11-2-3-14-12(8-11)9-16(21)18-14/h2-3,8,13H,4-7,9-10H2,1H3,(H,18,21). The summed E-state index contributed by atoms with van der Waals surface area (Å²) in [4.78, 5) is 37.3. The number of rotatable bonds is 5. The third kappa shape index (κ3) is 3.89. The molecule has 1 atom stereocenters. The molecule has 0 saturated carbocycles. The predicted octanol–water partition coefficient (Wildman–Crippen LogP) is 0.790. The van der Waals surface area contributed by atoms with Gasteiger partial charge >= 0.3 is 0 Å². The van der Waals surface area contributed by atoms with E-state index < -0.39 is 9.84 Å². The highest BCUT2D eigenvalue weighted by Gasteiger charge is 2.32. The van der Waals surface area contributed by atoms with Gasteiger partial charge in [-0.3, -0.25) is 14.4 Å². The van der Waals surface area contributed by atoms with E-state index in [1.54, 1.807) is 25.2 Å². The van der Waals surface area contributed by atoms with E-state index in [0.29, 0.717) is 12.0 Å². The summed E-state index contributed by atoms with van der Waals surface area (Å²) in [6.07, 6.45) is 0.807. The fraction of sp³-hybridized carbons (Fsp3) is 0.471. The zero-order valence-electron chi connectivity index (χ0n) is 13.9. The van der Waals surface area contributed by atoms with Crippen molar-refractivity contribution in [3.05, 3.63) is 29.3 Å². The number of benzene rings is 1. The number of hydrogen-bond acceptors (Lipinski definition) is 5. The Morgan fingerprint density at radius 3 is 2.72 bits per heavy atom. The third-order valence-electron chi connectivity index (χ3n) is 4.77. The quantitative estimate of drug-likeness (QED) is 0.779. The van der Waals surface area contributed by atoms with Crippen molar-refractivity contribution < 1.29 is 22.8 Å². The molecule has 2 heterocycles. The van der Waals surface area contributed by atoms with Crippen LogP contribution in [0.4, 0.5) is 5.69 Å². The summed E-state index contributed by atoms with van der Waals surface area (Å²) in [6.45, 7) is 0. The molecular weight excluding hydrogens is 344 g/mol. The summed E-state index contributed by atoms with van der Waals surface area (Å²) in [5.74, 6) is -0.384. The zero-order chi connectivity index (χ0) is 18.2. The van der Waals surface area contributed by atoms with E-state index in [2.05, 4.69) is 5.32 Å². The lowest BCUT2D eigenvalue weighted by Gasteiger charge is -2.23. The molecule has 1 unspecified atom stereocenters. The van der Waals surface area contributed by atoms with Gasteiger partial charge in [0.15, 0.2) is 15.6 Å². The molecule has 2 aliphatic heterocycles. The van der Waals surface area contributed by atoms with E-state index in [0.717, 1.165) is 11.3 Å². The Labute approximate surface area is 146 Å². The van der Waals surface area contributed by atoms with Crippen molar-refractivity contribution in [3.63, 3.8) is 0 Å². The van der Waals surface area contributed by atoms with Crippen LogP contribution in [0.5, 0.6) is 0 Å². The van der Waals surface area contributed by atoms with Gasteiger partial charge in [0.05, 0.1) is 17.9 Å². The zero-order valence-corrected chi connectivity index (χ0v) is 14.8. The fourth-order valence-corrected chi connectivity index (χ4v) is 5.00. The van der Waals surface area contributed by atoms with Crippen LogP contribution in [0.3, 0.4) is 0 Å². The SMILES string of the molecule is CN(C(=O)CCC(=O)c1ccc2c(c1)CC(=O)N2)C1CCS(=O)(=O)C1. The van der Waals surface area contributed by atoms with Gasteiger partial charge in [0, 0.05) is 37.2 Å². The minimum Gasteiger partial charge on any atom is -0.342 e. The summed E-state index contributed by atoms with van der Waals surface area (Å²) in [6, 6.07) is 4.73. The molecule has 1 saturated heterocycles. The molecular formula is C17H20N2O5S. The minimum absolute atomic E-state index is 0.00492. The first-order chi connectivity index (χ1) is 11.7. The minimum atomic E-state index is -3.05. The Morgan fingerprint density at radius 2 is 2.04 bits per heavy atom. The van der Waals surface area contributed by atoms with Gasteiger partial charge in [0.2, 0.25) is 11.8 Å². The summed E-state index contributed by atoms with van der Waals surface area (Å²) in [5.41, 5.74) is 1.99. The fourth-order valence-electron chi connectivity index (χ4n) is 3.23. The highest BCUT2D eigenvalue weighted by atomic mass is 32.2. The second-order valence-corrected chi connectivity index (χ2v) is 8.81. The van der Waals surface area contributed by atoms with Crippen molar-refractivity contribution in [3.8, 4) is 0 Å². The number of anilines is 1. The van der Waals surface area contributed by atoms with Crippen molar-refractivity contribution in [1.82, 2.24) is 4.90 Å². The summed E-state index contributed by atoms with van der Waals surface area (Å²) in [5, 5.41) is 2.71. The van der Waals surface area contributed by atoms with Crippen molar-refractivity contribution in [2.75, 3.05) is 23.9 Å². The van der Waals surface area contributed by atoms with Gasteiger partial charge in [0.25, 0.3) is 0 Å². The van der Waals surface area contributed by atoms with Crippen LogP contribution in [-0.2, 0) is 25.8 Å². The van der Waals surface area contributed by atoms with Gasteiger partial charge in [-0.2, -0.15) is 0 Å². The maximum Gasteiger partial charge on any atom is 0.228 e. The number of ketones is 1. The maximum atomic E-state index is 12.3. The van der Waals surface area contributed by atoms with Crippen LogP contribution in [0.1, 0.15) is 35.2 Å². The molecule has 2 aliphatic rings. The summed E-state index contributed by atoms with van der Waals surface area (Å²) < 4.78 is 23.0. The Hall–Kier alpha value is -2.22. The normalized spacial score (nSPS) is 20.8. The lowest BCUT2D eigenvalue weighted by atomic mass is 10.0. The molecule has 0 aromatic heterocycles. The summed E-state index contributed by atoms with van der Waals surface area (Å²) in [7, 11) is -1.46. The molecule has 1 aromatic carbocycles. The van der Waals surface area contributed by atoms with E-state index in [1.165, 1.54) is 4.90 Å².